The number of rotatable bonds is 2. The zero-order valence-electron chi connectivity index (χ0n) is 24.8. The molecule has 2 heterocycles. The maximum absolute atomic E-state index is 10.6. The molecule has 0 aliphatic heterocycles. The summed E-state index contributed by atoms with van der Waals surface area (Å²) in [5, 5.41) is 28.1. The van der Waals surface area contributed by atoms with Crippen LogP contribution in [-0.2, 0) is 5.41 Å². The molecular weight excluding hydrogens is 536 g/mol. The second kappa shape index (κ2) is 9.33. The molecule has 0 atom stereocenters. The van der Waals surface area contributed by atoms with E-state index in [1.165, 1.54) is 21.7 Å². The monoisotopic (exact) mass is 564 g/mol. The van der Waals surface area contributed by atoms with E-state index in [4.69, 9.17) is 0 Å². The third-order valence-corrected chi connectivity index (χ3v) is 8.92. The Morgan fingerprint density at radius 1 is 0.523 bits per heavy atom. The van der Waals surface area contributed by atoms with E-state index in [0.717, 1.165) is 43.9 Å². The summed E-state index contributed by atoms with van der Waals surface area (Å²) < 4.78 is 4.28. The standard InChI is InChI=1S/C40H28N4/c1-40(2,3)28-17-19-36-33(22-28)38-30-11-5-4-10-25(30)16-18-37(38)43(36)29-20-26(23-41)39(27(21-29)24-42)44-34-14-8-6-12-31(34)32-13-7-9-15-35(32)44/h4-22H,1-3H3. The Morgan fingerprint density at radius 3 is 1.68 bits per heavy atom. The highest BCUT2D eigenvalue weighted by molar-refractivity contribution is 6.21. The molecule has 0 aliphatic rings. The summed E-state index contributed by atoms with van der Waals surface area (Å²) in [6.07, 6.45) is 0. The van der Waals surface area contributed by atoms with Crippen LogP contribution in [0.15, 0.2) is 115 Å². The Labute approximate surface area is 255 Å². The first-order chi connectivity index (χ1) is 21.4. The predicted octanol–water partition coefficient (Wildman–Crippen LogP) is 10.1. The average Bonchev–Trinajstić information content (AvgIpc) is 3.56. The van der Waals surface area contributed by atoms with E-state index in [2.05, 4.69) is 121 Å². The number of fused-ring (bicyclic) bond motifs is 8. The molecule has 0 N–H and O–H groups in total. The molecule has 0 saturated heterocycles. The molecule has 4 nitrogen and oxygen atoms in total. The van der Waals surface area contributed by atoms with E-state index in [-0.39, 0.29) is 5.41 Å². The van der Waals surface area contributed by atoms with Crippen LogP contribution in [-0.4, -0.2) is 9.13 Å². The SMILES string of the molecule is CC(C)(C)c1ccc2c(c1)c1c3ccccc3ccc1n2-c1cc(C#N)c(-n2c3ccccc3c3ccccc32)c(C#N)c1. The van der Waals surface area contributed by atoms with Gasteiger partial charge in [0, 0.05) is 27.2 Å². The molecule has 44 heavy (non-hydrogen) atoms. The van der Waals surface area contributed by atoms with Gasteiger partial charge < -0.3 is 9.13 Å². The van der Waals surface area contributed by atoms with E-state index in [1.54, 1.807) is 0 Å². The van der Waals surface area contributed by atoms with Gasteiger partial charge in [0.15, 0.2) is 0 Å². The lowest BCUT2D eigenvalue weighted by Crippen LogP contribution is -2.10. The van der Waals surface area contributed by atoms with Crippen LogP contribution in [0.2, 0.25) is 0 Å². The minimum Gasteiger partial charge on any atom is -0.309 e. The van der Waals surface area contributed by atoms with Gasteiger partial charge in [-0.05, 0) is 64.2 Å². The molecule has 0 unspecified atom stereocenters. The first-order valence-corrected chi connectivity index (χ1v) is 14.8. The number of nitrogens with zero attached hydrogens (tertiary/aromatic N) is 4. The highest BCUT2D eigenvalue weighted by Crippen LogP contribution is 2.41. The number of aromatic nitrogens is 2. The highest BCUT2D eigenvalue weighted by Gasteiger charge is 2.23. The molecule has 0 spiro atoms. The maximum Gasteiger partial charge on any atom is 0.101 e. The van der Waals surface area contributed by atoms with Crippen LogP contribution in [0.4, 0.5) is 0 Å². The van der Waals surface area contributed by atoms with Gasteiger partial charge in [-0.3, -0.25) is 0 Å². The van der Waals surface area contributed by atoms with Crippen molar-refractivity contribution in [3.63, 3.8) is 0 Å². The molecule has 0 saturated carbocycles. The number of hydrogen-bond acceptors (Lipinski definition) is 2. The Kier molecular flexibility index (Phi) is 5.48. The molecule has 6 aromatic carbocycles. The van der Waals surface area contributed by atoms with Gasteiger partial charge in [-0.25, -0.2) is 0 Å². The van der Waals surface area contributed by atoms with E-state index in [0.29, 0.717) is 16.8 Å². The quantitative estimate of drug-likeness (QED) is 0.210. The Morgan fingerprint density at radius 2 is 1.07 bits per heavy atom. The first-order valence-electron chi connectivity index (χ1n) is 14.8. The van der Waals surface area contributed by atoms with Gasteiger partial charge in [-0.1, -0.05) is 93.6 Å². The predicted molar refractivity (Wildman–Crippen MR) is 181 cm³/mol. The second-order valence-corrected chi connectivity index (χ2v) is 12.5. The number of hydrogen-bond donors (Lipinski definition) is 0. The van der Waals surface area contributed by atoms with E-state index < -0.39 is 0 Å². The van der Waals surface area contributed by atoms with E-state index in [1.807, 2.05) is 36.4 Å². The van der Waals surface area contributed by atoms with Gasteiger partial charge in [0.1, 0.15) is 12.1 Å². The normalized spacial score (nSPS) is 11.9. The topological polar surface area (TPSA) is 57.4 Å². The van der Waals surface area contributed by atoms with Crippen LogP contribution < -0.4 is 0 Å². The maximum atomic E-state index is 10.6. The lowest BCUT2D eigenvalue weighted by Gasteiger charge is -2.19. The van der Waals surface area contributed by atoms with Crippen molar-refractivity contribution in [3.8, 4) is 23.5 Å². The van der Waals surface area contributed by atoms with E-state index >= 15 is 0 Å². The third-order valence-electron chi connectivity index (χ3n) is 8.92. The Balaban J connectivity index is 1.49. The van der Waals surface area contributed by atoms with Crippen molar-refractivity contribution < 1.29 is 0 Å². The summed E-state index contributed by atoms with van der Waals surface area (Å²) in [6.45, 7) is 6.70. The zero-order valence-corrected chi connectivity index (χ0v) is 24.8. The molecule has 4 heteroatoms. The number of nitriles is 2. The summed E-state index contributed by atoms with van der Waals surface area (Å²) >= 11 is 0. The molecule has 208 valence electrons. The van der Waals surface area contributed by atoms with Crippen molar-refractivity contribution in [2.24, 2.45) is 0 Å². The van der Waals surface area contributed by atoms with Crippen molar-refractivity contribution >= 4 is 54.4 Å². The average molecular weight is 565 g/mol. The van der Waals surface area contributed by atoms with Gasteiger partial charge in [-0.2, -0.15) is 10.5 Å². The van der Waals surface area contributed by atoms with Gasteiger partial charge >= 0.3 is 0 Å². The molecule has 0 bridgehead atoms. The van der Waals surface area contributed by atoms with Gasteiger partial charge in [0.25, 0.3) is 0 Å². The minimum absolute atomic E-state index is 0.0148. The van der Waals surface area contributed by atoms with Gasteiger partial charge in [0.05, 0.1) is 38.9 Å². The summed E-state index contributed by atoms with van der Waals surface area (Å²) in [5.74, 6) is 0. The molecule has 8 aromatic rings. The van der Waals surface area contributed by atoms with Crippen molar-refractivity contribution in [2.75, 3.05) is 0 Å². The largest absolute Gasteiger partial charge is 0.309 e. The summed E-state index contributed by atoms with van der Waals surface area (Å²) in [5.41, 5.74) is 7.57. The Bertz CT molecular complexity index is 2470. The van der Waals surface area contributed by atoms with Gasteiger partial charge in [-0.15, -0.1) is 0 Å². The first kappa shape index (κ1) is 25.8. The summed E-state index contributed by atoms with van der Waals surface area (Å²) in [6, 6.07) is 44.6. The highest BCUT2D eigenvalue weighted by atomic mass is 15.0. The fourth-order valence-corrected chi connectivity index (χ4v) is 6.86. The smallest absolute Gasteiger partial charge is 0.101 e. The van der Waals surface area contributed by atoms with Crippen LogP contribution >= 0.6 is 0 Å². The number of benzene rings is 6. The van der Waals surface area contributed by atoms with Crippen molar-refractivity contribution in [2.45, 2.75) is 26.2 Å². The molecule has 2 aromatic heterocycles. The molecule has 0 fully saturated rings. The van der Waals surface area contributed by atoms with Crippen LogP contribution in [0.1, 0.15) is 37.5 Å². The molecule has 0 amide bonds. The fraction of sp³-hybridized carbons (Fsp3) is 0.100. The summed E-state index contributed by atoms with van der Waals surface area (Å²) in [7, 11) is 0. The van der Waals surface area contributed by atoms with Gasteiger partial charge in [0.2, 0.25) is 0 Å². The summed E-state index contributed by atoms with van der Waals surface area (Å²) in [4.78, 5) is 0. The van der Waals surface area contributed by atoms with Crippen LogP contribution in [0, 0.1) is 22.7 Å². The van der Waals surface area contributed by atoms with Crippen molar-refractivity contribution in [1.29, 1.82) is 10.5 Å². The van der Waals surface area contributed by atoms with Crippen LogP contribution in [0.3, 0.4) is 0 Å². The third kappa shape index (κ3) is 3.62. The zero-order chi connectivity index (χ0) is 30.2. The lowest BCUT2D eigenvalue weighted by atomic mass is 9.86. The minimum atomic E-state index is -0.0148. The lowest BCUT2D eigenvalue weighted by molar-refractivity contribution is 0.591. The molecule has 0 radical (unpaired) electrons. The van der Waals surface area contributed by atoms with Crippen molar-refractivity contribution in [1.82, 2.24) is 9.13 Å². The van der Waals surface area contributed by atoms with Crippen LogP contribution in [0.25, 0.3) is 65.8 Å². The molecular formula is C40H28N4. The van der Waals surface area contributed by atoms with Crippen LogP contribution in [0.5, 0.6) is 0 Å². The van der Waals surface area contributed by atoms with Crippen molar-refractivity contribution in [3.05, 3.63) is 132 Å². The second-order valence-electron chi connectivity index (χ2n) is 12.5. The number of para-hydroxylation sites is 2. The van der Waals surface area contributed by atoms with E-state index in [9.17, 15) is 10.5 Å². The molecule has 8 rings (SSSR count). The fourth-order valence-electron chi connectivity index (χ4n) is 6.86. The molecule has 0 aliphatic carbocycles. The Hall–Kier alpha value is -5.84.